The second kappa shape index (κ2) is 10.4. The first-order valence-electron chi connectivity index (χ1n) is 9.57. The highest BCUT2D eigenvalue weighted by molar-refractivity contribution is 7.89. The normalized spacial score (nSPS) is 11.5. The van der Waals surface area contributed by atoms with Gasteiger partial charge in [-0.3, -0.25) is 4.79 Å². The molecular weight excluding hydrogens is 395 g/mol. The van der Waals surface area contributed by atoms with E-state index in [1.807, 2.05) is 31.2 Å². The Morgan fingerprint density at radius 2 is 1.86 bits per heavy atom. The molecule has 0 aliphatic carbocycles. The smallest absolute Gasteiger partial charge is 0.254 e. The minimum Gasteiger partial charge on any atom is -0.494 e. The van der Waals surface area contributed by atoms with Crippen molar-refractivity contribution in [1.29, 1.82) is 0 Å². The third-order valence-electron chi connectivity index (χ3n) is 4.39. The first-order valence-corrected chi connectivity index (χ1v) is 11.0. The van der Waals surface area contributed by atoms with Crippen LogP contribution in [0.1, 0.15) is 36.2 Å². The molecule has 0 unspecified atom stereocenters. The van der Waals surface area contributed by atoms with Crippen molar-refractivity contribution >= 4 is 15.9 Å². The molecule has 0 saturated carbocycles. The quantitative estimate of drug-likeness (QED) is 0.596. The highest BCUT2D eigenvalue weighted by Crippen LogP contribution is 2.19. The molecule has 0 aliphatic heterocycles. The molecule has 2 aromatic rings. The van der Waals surface area contributed by atoms with Crippen LogP contribution in [0.4, 0.5) is 4.39 Å². The van der Waals surface area contributed by atoms with Crippen LogP contribution < -0.4 is 10.1 Å². The maximum atomic E-state index is 14.1. The summed E-state index contributed by atoms with van der Waals surface area (Å²) in [7, 11) is -3.77. The molecule has 0 radical (unpaired) electrons. The molecule has 0 aromatic heterocycles. The zero-order valence-corrected chi connectivity index (χ0v) is 17.8. The van der Waals surface area contributed by atoms with Gasteiger partial charge in [0.15, 0.2) is 0 Å². The van der Waals surface area contributed by atoms with Crippen molar-refractivity contribution in [3.05, 3.63) is 59.4 Å². The number of hydrogen-bond acceptors (Lipinski definition) is 4. The van der Waals surface area contributed by atoms with Gasteiger partial charge in [0, 0.05) is 19.6 Å². The standard InChI is InChI=1S/C21H27FN2O4S/c1-4-24(5-2)29(26,27)18-10-11-20(22)19(15-18)21(25)23-12-7-13-28-17-9-6-8-16(3)14-17/h6,8-11,14-15H,4-5,7,12-13H2,1-3H3,(H,23,25). The molecule has 8 heteroatoms. The number of halogens is 1. The summed E-state index contributed by atoms with van der Waals surface area (Å²) in [6, 6.07) is 10.9. The Labute approximate surface area is 171 Å². The van der Waals surface area contributed by atoms with Gasteiger partial charge in [0.25, 0.3) is 5.91 Å². The van der Waals surface area contributed by atoms with E-state index < -0.39 is 21.7 Å². The molecule has 0 aliphatic rings. The highest BCUT2D eigenvalue weighted by atomic mass is 32.2. The maximum Gasteiger partial charge on any atom is 0.254 e. The number of benzene rings is 2. The Morgan fingerprint density at radius 3 is 2.52 bits per heavy atom. The number of rotatable bonds is 10. The van der Waals surface area contributed by atoms with Crippen LogP contribution in [0.15, 0.2) is 47.4 Å². The van der Waals surface area contributed by atoms with E-state index in [0.29, 0.717) is 26.1 Å². The van der Waals surface area contributed by atoms with E-state index in [2.05, 4.69) is 5.32 Å². The lowest BCUT2D eigenvalue weighted by Crippen LogP contribution is -2.31. The predicted octanol–water partition coefficient (Wildman–Crippen LogP) is 3.36. The van der Waals surface area contributed by atoms with Gasteiger partial charge in [0.1, 0.15) is 11.6 Å². The summed E-state index contributed by atoms with van der Waals surface area (Å²) in [6.07, 6.45) is 0.527. The van der Waals surface area contributed by atoms with Crippen LogP contribution in [-0.2, 0) is 10.0 Å². The first-order chi connectivity index (χ1) is 13.8. The third kappa shape index (κ3) is 6.01. The zero-order valence-electron chi connectivity index (χ0n) is 16.9. The number of nitrogens with one attached hydrogen (secondary N) is 1. The molecule has 0 atom stereocenters. The molecule has 0 bridgehead atoms. The molecule has 0 fully saturated rings. The van der Waals surface area contributed by atoms with E-state index in [-0.39, 0.29) is 17.0 Å². The van der Waals surface area contributed by atoms with Gasteiger partial charge in [0.2, 0.25) is 10.0 Å². The van der Waals surface area contributed by atoms with Crippen molar-refractivity contribution in [2.75, 3.05) is 26.2 Å². The first kappa shape index (κ1) is 22.8. The molecule has 158 valence electrons. The average molecular weight is 423 g/mol. The molecule has 0 spiro atoms. The Bertz CT molecular complexity index is 943. The molecule has 6 nitrogen and oxygen atoms in total. The van der Waals surface area contributed by atoms with E-state index in [1.54, 1.807) is 13.8 Å². The fraction of sp³-hybridized carbons (Fsp3) is 0.381. The topological polar surface area (TPSA) is 75.7 Å². The number of ether oxygens (including phenoxy) is 1. The molecule has 0 saturated heterocycles. The van der Waals surface area contributed by atoms with Gasteiger partial charge in [0.05, 0.1) is 17.1 Å². The Balaban J connectivity index is 1.96. The van der Waals surface area contributed by atoms with Crippen molar-refractivity contribution in [2.24, 2.45) is 0 Å². The van der Waals surface area contributed by atoms with E-state index >= 15 is 0 Å². The molecule has 29 heavy (non-hydrogen) atoms. The summed E-state index contributed by atoms with van der Waals surface area (Å²) in [4.78, 5) is 12.2. The molecule has 1 N–H and O–H groups in total. The van der Waals surface area contributed by atoms with Crippen molar-refractivity contribution in [2.45, 2.75) is 32.1 Å². The summed E-state index contributed by atoms with van der Waals surface area (Å²) in [5.41, 5.74) is 0.795. The van der Waals surface area contributed by atoms with Crippen LogP contribution in [-0.4, -0.2) is 44.9 Å². The van der Waals surface area contributed by atoms with Crippen LogP contribution in [0, 0.1) is 12.7 Å². The Morgan fingerprint density at radius 1 is 1.14 bits per heavy atom. The van der Waals surface area contributed by atoms with E-state index in [1.165, 1.54) is 10.4 Å². The van der Waals surface area contributed by atoms with Crippen LogP contribution in [0.2, 0.25) is 0 Å². The summed E-state index contributed by atoms with van der Waals surface area (Å²) < 4.78 is 46.2. The zero-order chi connectivity index (χ0) is 21.4. The van der Waals surface area contributed by atoms with Gasteiger partial charge in [-0.15, -0.1) is 0 Å². The van der Waals surface area contributed by atoms with Crippen molar-refractivity contribution < 1.29 is 22.3 Å². The molecule has 2 aromatic carbocycles. The van der Waals surface area contributed by atoms with Crippen LogP contribution in [0.25, 0.3) is 0 Å². The van der Waals surface area contributed by atoms with Gasteiger partial charge in [-0.2, -0.15) is 4.31 Å². The van der Waals surface area contributed by atoms with E-state index in [0.717, 1.165) is 23.4 Å². The van der Waals surface area contributed by atoms with Crippen molar-refractivity contribution in [3.63, 3.8) is 0 Å². The number of nitrogens with zero attached hydrogens (tertiary/aromatic N) is 1. The summed E-state index contributed by atoms with van der Waals surface area (Å²) in [5.74, 6) is -0.677. The van der Waals surface area contributed by atoms with Crippen LogP contribution in [0.5, 0.6) is 5.75 Å². The fourth-order valence-corrected chi connectivity index (χ4v) is 4.30. The lowest BCUT2D eigenvalue weighted by molar-refractivity contribution is 0.0947. The average Bonchev–Trinajstić information content (AvgIpc) is 2.68. The molecule has 1 amide bonds. The Kier molecular flexibility index (Phi) is 8.16. The lowest BCUT2D eigenvalue weighted by atomic mass is 10.2. The Hall–Kier alpha value is -2.45. The summed E-state index contributed by atoms with van der Waals surface area (Å²) in [6.45, 7) is 6.65. The summed E-state index contributed by atoms with van der Waals surface area (Å²) >= 11 is 0. The van der Waals surface area contributed by atoms with Gasteiger partial charge in [-0.05, 0) is 49.2 Å². The van der Waals surface area contributed by atoms with Crippen LogP contribution >= 0.6 is 0 Å². The number of carbonyl (C=O) groups excluding carboxylic acids is 1. The second-order valence-corrected chi connectivity index (χ2v) is 8.44. The largest absolute Gasteiger partial charge is 0.494 e. The minimum atomic E-state index is -3.77. The number of hydrogen-bond donors (Lipinski definition) is 1. The number of aryl methyl sites for hydroxylation is 1. The van der Waals surface area contributed by atoms with Gasteiger partial charge in [-0.1, -0.05) is 26.0 Å². The van der Waals surface area contributed by atoms with Gasteiger partial charge < -0.3 is 10.1 Å². The minimum absolute atomic E-state index is 0.101. The van der Waals surface area contributed by atoms with Crippen molar-refractivity contribution in [1.82, 2.24) is 9.62 Å². The molecule has 2 rings (SSSR count). The molecule has 0 heterocycles. The second-order valence-electron chi connectivity index (χ2n) is 6.51. The lowest BCUT2D eigenvalue weighted by Gasteiger charge is -2.19. The van der Waals surface area contributed by atoms with E-state index in [9.17, 15) is 17.6 Å². The van der Waals surface area contributed by atoms with Gasteiger partial charge >= 0.3 is 0 Å². The van der Waals surface area contributed by atoms with E-state index in [4.69, 9.17) is 4.74 Å². The third-order valence-corrected chi connectivity index (χ3v) is 6.44. The summed E-state index contributed by atoms with van der Waals surface area (Å²) in [5, 5.41) is 2.61. The maximum absolute atomic E-state index is 14.1. The molecular formula is C21H27FN2O4S. The SMILES string of the molecule is CCN(CC)S(=O)(=O)c1ccc(F)c(C(=O)NCCCOc2cccc(C)c2)c1. The van der Waals surface area contributed by atoms with Crippen molar-refractivity contribution in [3.8, 4) is 5.75 Å². The predicted molar refractivity (Wildman–Crippen MR) is 110 cm³/mol. The number of amides is 1. The highest BCUT2D eigenvalue weighted by Gasteiger charge is 2.24. The monoisotopic (exact) mass is 422 g/mol. The number of carbonyl (C=O) groups is 1. The van der Waals surface area contributed by atoms with Crippen LogP contribution in [0.3, 0.4) is 0 Å². The van der Waals surface area contributed by atoms with Gasteiger partial charge in [-0.25, -0.2) is 12.8 Å². The fourth-order valence-electron chi connectivity index (χ4n) is 2.82. The number of sulfonamides is 1.